The summed E-state index contributed by atoms with van der Waals surface area (Å²) < 4.78 is 32.6. The van der Waals surface area contributed by atoms with Crippen LogP contribution < -0.4 is 5.32 Å². The smallest absolute Gasteiger partial charge is 0.411 e. The number of cyclic esters (lactones) is 1. The van der Waals surface area contributed by atoms with Crippen LogP contribution in [0.2, 0.25) is 0 Å². The molecule has 2 amide bonds. The van der Waals surface area contributed by atoms with Gasteiger partial charge in [-0.05, 0) is 24.3 Å². The predicted octanol–water partition coefficient (Wildman–Crippen LogP) is 2.80. The first-order valence-electron chi connectivity index (χ1n) is 8.07. The highest BCUT2D eigenvalue weighted by molar-refractivity contribution is 5.80. The summed E-state index contributed by atoms with van der Waals surface area (Å²) in [6.45, 7) is 0. The van der Waals surface area contributed by atoms with Crippen molar-refractivity contribution in [3.05, 3.63) is 71.3 Å². The van der Waals surface area contributed by atoms with Crippen molar-refractivity contribution in [2.24, 2.45) is 0 Å². The molecule has 0 bridgehead atoms. The maximum atomic E-state index is 13.4. The van der Waals surface area contributed by atoms with Crippen LogP contribution in [0, 0.1) is 11.6 Å². The summed E-state index contributed by atoms with van der Waals surface area (Å²) in [6, 6.07) is 10.3. The molecule has 0 unspecified atom stereocenters. The summed E-state index contributed by atoms with van der Waals surface area (Å²) in [4.78, 5) is 25.8. The Hall–Kier alpha value is -2.96. The lowest BCUT2D eigenvalue weighted by Gasteiger charge is -2.34. The average Bonchev–Trinajstić information content (AvgIpc) is 2.88. The predicted molar refractivity (Wildman–Crippen MR) is 90.3 cm³/mol. The lowest BCUT2D eigenvalue weighted by Crippen LogP contribution is -2.45. The number of benzene rings is 2. The maximum Gasteiger partial charge on any atom is 0.411 e. The molecule has 2 aromatic carbocycles. The molecule has 5 nitrogen and oxygen atoms in total. The van der Waals surface area contributed by atoms with Crippen molar-refractivity contribution < 1.29 is 23.1 Å². The second-order valence-electron chi connectivity index (χ2n) is 6.12. The summed E-state index contributed by atoms with van der Waals surface area (Å²) in [7, 11) is 3.03. The molecular weight excluding hydrogens is 342 g/mol. The topological polar surface area (TPSA) is 58.6 Å². The molecule has 136 valence electrons. The van der Waals surface area contributed by atoms with E-state index in [-0.39, 0.29) is 12.3 Å². The molecule has 0 saturated carbocycles. The van der Waals surface area contributed by atoms with Gasteiger partial charge in [-0.25, -0.2) is 13.6 Å². The number of rotatable bonds is 4. The van der Waals surface area contributed by atoms with Crippen molar-refractivity contribution >= 4 is 12.0 Å². The summed E-state index contributed by atoms with van der Waals surface area (Å²) in [5.74, 6) is -1.17. The van der Waals surface area contributed by atoms with Crippen molar-refractivity contribution in [2.45, 2.75) is 18.1 Å². The van der Waals surface area contributed by atoms with E-state index in [1.54, 1.807) is 0 Å². The lowest BCUT2D eigenvalue weighted by molar-refractivity contribution is -0.122. The van der Waals surface area contributed by atoms with Gasteiger partial charge in [0.15, 0.2) is 5.60 Å². The molecule has 0 aromatic heterocycles. The van der Waals surface area contributed by atoms with Crippen LogP contribution in [0.15, 0.2) is 48.5 Å². The van der Waals surface area contributed by atoms with E-state index in [4.69, 9.17) is 4.74 Å². The molecule has 1 saturated heterocycles. The number of hydrogen-bond donors (Lipinski definition) is 1. The lowest BCUT2D eigenvalue weighted by atomic mass is 9.78. The van der Waals surface area contributed by atoms with E-state index in [1.807, 2.05) is 0 Å². The van der Waals surface area contributed by atoms with Crippen LogP contribution in [0.1, 0.15) is 17.5 Å². The fourth-order valence-corrected chi connectivity index (χ4v) is 3.30. The monoisotopic (exact) mass is 360 g/mol. The summed E-state index contributed by atoms with van der Waals surface area (Å²) >= 11 is 0. The summed E-state index contributed by atoms with van der Waals surface area (Å²) in [6.07, 6.45) is -0.652. The Morgan fingerprint density at radius 3 is 1.96 bits per heavy atom. The number of carbonyl (C=O) groups is 2. The van der Waals surface area contributed by atoms with E-state index in [2.05, 4.69) is 5.32 Å². The molecule has 0 radical (unpaired) electrons. The Morgan fingerprint density at radius 2 is 1.54 bits per heavy atom. The molecule has 1 heterocycles. The molecule has 1 atom stereocenters. The number of nitrogens with one attached hydrogen (secondary N) is 1. The zero-order chi connectivity index (χ0) is 18.9. The Kier molecular flexibility index (Phi) is 4.63. The van der Waals surface area contributed by atoms with Gasteiger partial charge in [0.1, 0.15) is 11.6 Å². The Morgan fingerprint density at radius 1 is 1.08 bits per heavy atom. The third kappa shape index (κ3) is 2.89. The van der Waals surface area contributed by atoms with E-state index in [1.165, 1.54) is 67.5 Å². The standard InChI is InChI=1S/C19H18F2N2O3/c1-22-17(24)11-16-19(26-18(25)23(16)2,12-3-7-14(20)8-4-12)13-5-9-15(21)10-6-13/h3-10,16H,11H2,1-2H3,(H,22,24)/t16-/m1/s1. The number of hydrogen-bond acceptors (Lipinski definition) is 3. The fourth-order valence-electron chi connectivity index (χ4n) is 3.30. The van der Waals surface area contributed by atoms with E-state index >= 15 is 0 Å². The molecule has 0 spiro atoms. The SMILES string of the molecule is CNC(=O)C[C@H]1N(C)C(=O)OC1(c1ccc(F)cc1)c1ccc(F)cc1. The molecule has 0 aliphatic carbocycles. The van der Waals surface area contributed by atoms with Gasteiger partial charge in [-0.1, -0.05) is 24.3 Å². The highest BCUT2D eigenvalue weighted by Gasteiger charge is 2.55. The second-order valence-corrected chi connectivity index (χ2v) is 6.12. The third-order valence-electron chi connectivity index (χ3n) is 4.68. The normalized spacial score (nSPS) is 18.5. The third-order valence-corrected chi connectivity index (χ3v) is 4.68. The van der Waals surface area contributed by atoms with Crippen molar-refractivity contribution in [3.8, 4) is 0 Å². The Labute approximate surface area is 149 Å². The number of likely N-dealkylation sites (N-methyl/N-ethyl adjacent to an activating group) is 1. The van der Waals surface area contributed by atoms with E-state index in [0.29, 0.717) is 11.1 Å². The molecule has 1 aliphatic rings. The molecule has 26 heavy (non-hydrogen) atoms. The van der Waals surface area contributed by atoms with Crippen LogP contribution in [0.4, 0.5) is 13.6 Å². The molecule has 1 N–H and O–H groups in total. The van der Waals surface area contributed by atoms with E-state index in [0.717, 1.165) is 0 Å². The van der Waals surface area contributed by atoms with Gasteiger partial charge in [-0.2, -0.15) is 0 Å². The number of halogens is 2. The van der Waals surface area contributed by atoms with Crippen molar-refractivity contribution in [2.75, 3.05) is 14.1 Å². The van der Waals surface area contributed by atoms with Crippen LogP contribution in [0.3, 0.4) is 0 Å². The summed E-state index contributed by atoms with van der Waals surface area (Å²) in [5.41, 5.74) is -0.367. The summed E-state index contributed by atoms with van der Waals surface area (Å²) in [5, 5.41) is 2.53. The number of ether oxygens (including phenoxy) is 1. The van der Waals surface area contributed by atoms with Crippen LogP contribution >= 0.6 is 0 Å². The zero-order valence-electron chi connectivity index (χ0n) is 14.3. The number of nitrogens with zero attached hydrogens (tertiary/aromatic N) is 1. The van der Waals surface area contributed by atoms with Crippen LogP contribution in [-0.4, -0.2) is 37.0 Å². The second kappa shape index (κ2) is 6.74. The van der Waals surface area contributed by atoms with Crippen molar-refractivity contribution in [1.29, 1.82) is 0 Å². The van der Waals surface area contributed by atoms with Gasteiger partial charge in [0, 0.05) is 25.2 Å². The number of amides is 2. The van der Waals surface area contributed by atoms with E-state index in [9.17, 15) is 18.4 Å². The Bertz CT molecular complexity index is 776. The highest BCUT2D eigenvalue weighted by Crippen LogP contribution is 2.45. The van der Waals surface area contributed by atoms with Crippen molar-refractivity contribution in [3.63, 3.8) is 0 Å². The molecule has 3 rings (SSSR count). The number of carbonyl (C=O) groups excluding carboxylic acids is 2. The molecule has 1 fully saturated rings. The maximum absolute atomic E-state index is 13.4. The van der Waals surface area contributed by atoms with Gasteiger partial charge in [0.2, 0.25) is 5.91 Å². The molecule has 7 heteroatoms. The first-order chi connectivity index (χ1) is 12.4. The minimum Gasteiger partial charge on any atom is -0.431 e. The highest BCUT2D eigenvalue weighted by atomic mass is 19.1. The zero-order valence-corrected chi connectivity index (χ0v) is 14.3. The first-order valence-corrected chi connectivity index (χ1v) is 8.07. The van der Waals surface area contributed by atoms with Crippen LogP contribution in [-0.2, 0) is 15.1 Å². The van der Waals surface area contributed by atoms with E-state index < -0.39 is 29.4 Å². The molecule has 1 aliphatic heterocycles. The van der Waals surface area contributed by atoms with Gasteiger partial charge in [0.25, 0.3) is 0 Å². The Balaban J connectivity index is 2.21. The largest absolute Gasteiger partial charge is 0.431 e. The van der Waals surface area contributed by atoms with Gasteiger partial charge >= 0.3 is 6.09 Å². The minimum atomic E-state index is -1.36. The first kappa shape index (κ1) is 17.8. The molecule has 2 aromatic rings. The fraction of sp³-hybridized carbons (Fsp3) is 0.263. The van der Waals surface area contributed by atoms with Crippen LogP contribution in [0.25, 0.3) is 0 Å². The van der Waals surface area contributed by atoms with Crippen molar-refractivity contribution in [1.82, 2.24) is 10.2 Å². The van der Waals surface area contributed by atoms with Gasteiger partial charge < -0.3 is 15.0 Å². The van der Waals surface area contributed by atoms with Gasteiger partial charge in [-0.3, -0.25) is 4.79 Å². The van der Waals surface area contributed by atoms with Gasteiger partial charge in [0.05, 0.1) is 12.5 Å². The molecular formula is C19H18F2N2O3. The van der Waals surface area contributed by atoms with Gasteiger partial charge in [-0.15, -0.1) is 0 Å². The minimum absolute atomic E-state index is 0.0342. The average molecular weight is 360 g/mol. The van der Waals surface area contributed by atoms with Crippen LogP contribution in [0.5, 0.6) is 0 Å². The quantitative estimate of drug-likeness (QED) is 0.912.